The molecule has 46 heavy (non-hydrogen) atoms. The fourth-order valence-corrected chi connectivity index (χ4v) is 8.09. The van der Waals surface area contributed by atoms with E-state index < -0.39 is 0 Å². The number of carbonyl (C=O) groups is 3. The second kappa shape index (κ2) is 15.6. The number of amides is 1. The van der Waals surface area contributed by atoms with Crippen molar-refractivity contribution < 1.29 is 23.9 Å². The number of piperidine rings is 1. The van der Waals surface area contributed by atoms with Crippen molar-refractivity contribution in [1.82, 2.24) is 9.80 Å². The molecule has 1 aliphatic heterocycles. The third kappa shape index (κ3) is 8.99. The maximum absolute atomic E-state index is 14.0. The van der Waals surface area contributed by atoms with Gasteiger partial charge in [0.2, 0.25) is 5.91 Å². The molecule has 7 heteroatoms. The van der Waals surface area contributed by atoms with E-state index in [1.165, 1.54) is 32.3 Å². The zero-order valence-electron chi connectivity index (χ0n) is 28.4. The smallest absolute Gasteiger partial charge is 0.308 e. The Hall–Kier alpha value is -3.19. The first-order chi connectivity index (χ1) is 22.1. The number of rotatable bonds is 14. The molecule has 0 spiro atoms. The number of hydrogen-bond acceptors (Lipinski definition) is 6. The molecule has 250 valence electrons. The minimum atomic E-state index is -0.345. The Kier molecular flexibility index (Phi) is 11.6. The zero-order valence-corrected chi connectivity index (χ0v) is 28.4. The first kappa shape index (κ1) is 34.2. The van der Waals surface area contributed by atoms with Crippen molar-refractivity contribution in [2.45, 2.75) is 109 Å². The lowest BCUT2D eigenvalue weighted by Gasteiger charge is -2.57. The molecule has 1 unspecified atom stereocenters. The minimum absolute atomic E-state index is 0.0489. The number of carbonyl (C=O) groups excluding carboxylic acids is 3. The number of aryl methyl sites for hydroxylation is 1. The lowest BCUT2D eigenvalue weighted by Crippen LogP contribution is -2.62. The number of nitrogens with zero attached hydrogens (tertiary/aromatic N) is 2. The molecule has 1 amide bonds. The Morgan fingerprint density at radius 1 is 0.978 bits per heavy atom. The van der Waals surface area contributed by atoms with Crippen LogP contribution in [0.25, 0.3) is 0 Å². The molecule has 1 heterocycles. The van der Waals surface area contributed by atoms with E-state index in [0.29, 0.717) is 31.1 Å². The third-order valence-electron chi connectivity index (χ3n) is 10.3. The molecule has 1 saturated heterocycles. The van der Waals surface area contributed by atoms with Gasteiger partial charge in [-0.25, -0.2) is 0 Å². The van der Waals surface area contributed by atoms with Crippen LogP contribution in [0.2, 0.25) is 0 Å². The van der Waals surface area contributed by atoms with E-state index in [-0.39, 0.29) is 41.3 Å². The molecule has 4 atom stereocenters. The maximum Gasteiger partial charge on any atom is 0.308 e. The van der Waals surface area contributed by atoms with E-state index in [9.17, 15) is 14.4 Å². The summed E-state index contributed by atoms with van der Waals surface area (Å²) in [5.74, 6) is 1.30. The van der Waals surface area contributed by atoms with Crippen LogP contribution in [0.4, 0.5) is 0 Å². The molecule has 3 fully saturated rings. The zero-order chi connectivity index (χ0) is 32.7. The number of fused-ring (bicyclic) bond motifs is 1. The third-order valence-corrected chi connectivity index (χ3v) is 10.3. The van der Waals surface area contributed by atoms with E-state index in [2.05, 4.69) is 54.0 Å². The van der Waals surface area contributed by atoms with Gasteiger partial charge in [-0.1, -0.05) is 62.7 Å². The first-order valence-electron chi connectivity index (χ1n) is 17.6. The van der Waals surface area contributed by atoms with Crippen LogP contribution in [0.1, 0.15) is 96.6 Å². The van der Waals surface area contributed by atoms with Gasteiger partial charge in [0, 0.05) is 63.7 Å². The number of ether oxygens (including phenoxy) is 2. The van der Waals surface area contributed by atoms with E-state index in [1.54, 1.807) is 0 Å². The fraction of sp³-hybridized carbons (Fsp3) is 0.615. The lowest BCUT2D eigenvalue weighted by atomic mass is 9.56. The maximum atomic E-state index is 14.0. The monoisotopic (exact) mass is 630 g/mol. The van der Waals surface area contributed by atoms with Crippen LogP contribution in [0.15, 0.2) is 54.6 Å². The molecule has 0 aromatic heterocycles. The molecule has 2 saturated carbocycles. The molecule has 5 rings (SSSR count). The summed E-state index contributed by atoms with van der Waals surface area (Å²) in [6.07, 6.45) is 9.18. The summed E-state index contributed by atoms with van der Waals surface area (Å²) < 4.78 is 11.8. The van der Waals surface area contributed by atoms with Gasteiger partial charge < -0.3 is 19.3 Å². The van der Waals surface area contributed by atoms with Crippen LogP contribution in [-0.4, -0.2) is 66.0 Å². The molecule has 0 radical (unpaired) electrons. The predicted octanol–water partition coefficient (Wildman–Crippen LogP) is 6.96. The van der Waals surface area contributed by atoms with Crippen LogP contribution in [-0.2, 0) is 31.0 Å². The first-order valence-corrected chi connectivity index (χ1v) is 17.6. The van der Waals surface area contributed by atoms with Crippen molar-refractivity contribution in [2.24, 2.45) is 17.8 Å². The van der Waals surface area contributed by atoms with Crippen LogP contribution in [0.3, 0.4) is 0 Å². The summed E-state index contributed by atoms with van der Waals surface area (Å²) in [6, 6.07) is 18.4. The summed E-state index contributed by atoms with van der Waals surface area (Å²) in [5.41, 5.74) is 2.14. The Labute approximate surface area is 276 Å². The van der Waals surface area contributed by atoms with Crippen LogP contribution < -0.4 is 4.74 Å². The lowest BCUT2D eigenvalue weighted by molar-refractivity contribution is -0.161. The summed E-state index contributed by atoms with van der Waals surface area (Å²) in [4.78, 5) is 43.2. The standard InChI is InChI=1S/C39H54N2O5/c1-28(2)25-41(38(44)17-10-6-9-14-31-12-7-5-8-13-31)34-23-37(46-30(4)43)36-27-40(26-32-18-19-32)21-20-39(36,24-34)33-15-11-16-35(22-33)45-29(3)42/h5,7-8,11-13,15-16,22,28,32,34,36-37H,6,9-10,14,17-21,23-27H2,1-4H3/t34-,36-,37?,39-/m0/s1. The van der Waals surface area contributed by atoms with Crippen molar-refractivity contribution in [3.05, 3.63) is 65.7 Å². The van der Waals surface area contributed by atoms with Gasteiger partial charge in [0.15, 0.2) is 0 Å². The SMILES string of the molecule is CC(=O)Oc1cccc([C@@]23CCN(CC4CC4)C[C@H]2C(OC(C)=O)C[C@H](N(CC(C)C)C(=O)CCCCCc2ccccc2)C3)c1. The van der Waals surface area contributed by atoms with E-state index in [4.69, 9.17) is 9.47 Å². The number of likely N-dealkylation sites (tertiary alicyclic amines) is 1. The van der Waals surface area contributed by atoms with Gasteiger partial charge in [0.05, 0.1) is 0 Å². The van der Waals surface area contributed by atoms with Gasteiger partial charge in [-0.05, 0) is 86.6 Å². The van der Waals surface area contributed by atoms with Crippen LogP contribution in [0, 0.1) is 17.8 Å². The van der Waals surface area contributed by atoms with Crippen LogP contribution in [0.5, 0.6) is 5.75 Å². The molecule has 7 nitrogen and oxygen atoms in total. The molecular weight excluding hydrogens is 576 g/mol. The van der Waals surface area contributed by atoms with E-state index in [1.807, 2.05) is 24.3 Å². The van der Waals surface area contributed by atoms with Crippen molar-refractivity contribution in [2.75, 3.05) is 26.2 Å². The normalized spacial score (nSPS) is 24.7. The Balaban J connectivity index is 1.40. The molecule has 2 aromatic carbocycles. The van der Waals surface area contributed by atoms with E-state index in [0.717, 1.165) is 69.6 Å². The number of hydrogen-bond donors (Lipinski definition) is 0. The fourth-order valence-electron chi connectivity index (χ4n) is 8.09. The van der Waals surface area contributed by atoms with Crippen molar-refractivity contribution >= 4 is 17.8 Å². The summed E-state index contributed by atoms with van der Waals surface area (Å²) in [5, 5.41) is 0. The molecule has 2 aromatic rings. The highest BCUT2D eigenvalue weighted by Crippen LogP contribution is 2.52. The second-order valence-corrected chi connectivity index (χ2v) is 14.6. The molecule has 0 N–H and O–H groups in total. The van der Waals surface area contributed by atoms with Crippen molar-refractivity contribution in [1.29, 1.82) is 0 Å². The van der Waals surface area contributed by atoms with Gasteiger partial charge in [0.25, 0.3) is 0 Å². The van der Waals surface area contributed by atoms with E-state index >= 15 is 0 Å². The average molecular weight is 631 g/mol. The summed E-state index contributed by atoms with van der Waals surface area (Å²) >= 11 is 0. The van der Waals surface area contributed by atoms with Crippen LogP contribution >= 0.6 is 0 Å². The molecule has 2 aliphatic carbocycles. The average Bonchev–Trinajstić information content (AvgIpc) is 3.84. The van der Waals surface area contributed by atoms with Gasteiger partial charge in [-0.15, -0.1) is 0 Å². The highest BCUT2D eigenvalue weighted by molar-refractivity contribution is 5.76. The van der Waals surface area contributed by atoms with Gasteiger partial charge in [-0.3, -0.25) is 14.4 Å². The number of esters is 2. The highest BCUT2D eigenvalue weighted by Gasteiger charge is 2.55. The number of unbranched alkanes of at least 4 members (excludes halogenated alkanes) is 2. The number of benzene rings is 2. The molecule has 0 bridgehead atoms. The van der Waals surface area contributed by atoms with Gasteiger partial charge >= 0.3 is 11.9 Å². The topological polar surface area (TPSA) is 76.2 Å². The van der Waals surface area contributed by atoms with Crippen molar-refractivity contribution in [3.8, 4) is 5.75 Å². The summed E-state index contributed by atoms with van der Waals surface area (Å²) in [7, 11) is 0. The molecule has 3 aliphatic rings. The summed E-state index contributed by atoms with van der Waals surface area (Å²) in [6.45, 7) is 10.9. The van der Waals surface area contributed by atoms with Crippen molar-refractivity contribution in [3.63, 3.8) is 0 Å². The quantitative estimate of drug-likeness (QED) is 0.128. The minimum Gasteiger partial charge on any atom is -0.462 e. The largest absolute Gasteiger partial charge is 0.462 e. The Bertz CT molecular complexity index is 1320. The Morgan fingerprint density at radius 2 is 1.76 bits per heavy atom. The van der Waals surface area contributed by atoms with Gasteiger partial charge in [0.1, 0.15) is 11.9 Å². The molecular formula is C39H54N2O5. The van der Waals surface area contributed by atoms with Gasteiger partial charge in [-0.2, -0.15) is 0 Å². The highest BCUT2D eigenvalue weighted by atomic mass is 16.5. The Morgan fingerprint density at radius 3 is 2.46 bits per heavy atom. The second-order valence-electron chi connectivity index (χ2n) is 14.6. The predicted molar refractivity (Wildman–Crippen MR) is 180 cm³/mol.